The van der Waals surface area contributed by atoms with Gasteiger partial charge < -0.3 is 19.8 Å². The molecule has 2 N–H and O–H groups in total. The van der Waals surface area contributed by atoms with Gasteiger partial charge in [0.2, 0.25) is 5.88 Å². The summed E-state index contributed by atoms with van der Waals surface area (Å²) in [6, 6.07) is 7.56. The first-order valence-electron chi connectivity index (χ1n) is 9.62. The second-order valence-electron chi connectivity index (χ2n) is 7.19. The van der Waals surface area contributed by atoms with E-state index in [4.69, 9.17) is 15.2 Å². The third-order valence-electron chi connectivity index (χ3n) is 5.45. The van der Waals surface area contributed by atoms with E-state index in [1.54, 1.807) is 23.0 Å². The number of ether oxygens (including phenoxy) is 2. The summed E-state index contributed by atoms with van der Waals surface area (Å²) in [6.45, 7) is 6.33. The number of nitrogens with two attached hydrogens (primary N) is 1. The average molecular weight is 393 g/mol. The number of morpholine rings is 1. The van der Waals surface area contributed by atoms with Crippen molar-refractivity contribution in [2.75, 3.05) is 32.8 Å². The molecule has 2 aromatic rings. The van der Waals surface area contributed by atoms with Crippen molar-refractivity contribution in [3.63, 3.8) is 0 Å². The number of nitriles is 1. The molecule has 2 aliphatic rings. The van der Waals surface area contributed by atoms with Crippen LogP contribution in [0.2, 0.25) is 0 Å². The Bertz CT molecular complexity index is 1030. The van der Waals surface area contributed by atoms with Crippen LogP contribution in [0.4, 0.5) is 0 Å². The fourth-order valence-corrected chi connectivity index (χ4v) is 3.91. The number of rotatable bonds is 4. The summed E-state index contributed by atoms with van der Waals surface area (Å²) in [4.78, 5) is 19.9. The van der Waals surface area contributed by atoms with Gasteiger partial charge in [0.05, 0.1) is 24.7 Å². The number of fused-ring (bicyclic) bond motifs is 1. The maximum absolute atomic E-state index is 13.5. The molecule has 0 amide bonds. The van der Waals surface area contributed by atoms with Gasteiger partial charge in [-0.25, -0.2) is 0 Å². The Morgan fingerprint density at radius 1 is 1.34 bits per heavy atom. The van der Waals surface area contributed by atoms with E-state index in [0.29, 0.717) is 31.1 Å². The first kappa shape index (κ1) is 19.2. The van der Waals surface area contributed by atoms with E-state index in [1.807, 2.05) is 19.1 Å². The van der Waals surface area contributed by atoms with E-state index >= 15 is 0 Å². The highest BCUT2D eigenvalue weighted by Crippen LogP contribution is 2.40. The van der Waals surface area contributed by atoms with E-state index < -0.39 is 5.92 Å². The summed E-state index contributed by atoms with van der Waals surface area (Å²) in [6.07, 6.45) is 3.31. The van der Waals surface area contributed by atoms with E-state index in [0.717, 1.165) is 30.9 Å². The van der Waals surface area contributed by atoms with Crippen molar-refractivity contribution in [3.05, 3.63) is 69.2 Å². The lowest BCUT2D eigenvalue weighted by Crippen LogP contribution is -2.40. The normalized spacial score (nSPS) is 19.4. The third kappa shape index (κ3) is 3.62. The summed E-state index contributed by atoms with van der Waals surface area (Å²) in [5, 5.41) is 9.69. The molecule has 0 radical (unpaired) electrons. The van der Waals surface area contributed by atoms with Gasteiger partial charge in [-0.2, -0.15) is 5.26 Å². The van der Waals surface area contributed by atoms with Crippen LogP contribution >= 0.6 is 0 Å². The first-order chi connectivity index (χ1) is 14.1. The number of aryl methyl sites for hydroxylation is 1. The van der Waals surface area contributed by atoms with Crippen LogP contribution in [0.5, 0.6) is 5.75 Å². The minimum atomic E-state index is -0.597. The van der Waals surface area contributed by atoms with Gasteiger partial charge in [-0.05, 0) is 18.6 Å². The van der Waals surface area contributed by atoms with E-state index in [-0.39, 0.29) is 17.0 Å². The number of allylic oxidation sites excluding steroid dienone is 1. The quantitative estimate of drug-likeness (QED) is 0.829. The monoisotopic (exact) mass is 393 g/mol. The Morgan fingerprint density at radius 2 is 2.14 bits per heavy atom. The highest BCUT2D eigenvalue weighted by molar-refractivity contribution is 5.54. The highest BCUT2D eigenvalue weighted by Gasteiger charge is 2.34. The molecular weight excluding hydrogens is 370 g/mol. The molecule has 1 atom stereocenters. The second-order valence-corrected chi connectivity index (χ2v) is 7.19. The van der Waals surface area contributed by atoms with Gasteiger partial charge in [-0.3, -0.25) is 14.7 Å². The third-order valence-corrected chi connectivity index (χ3v) is 5.45. The summed E-state index contributed by atoms with van der Waals surface area (Å²) < 4.78 is 12.8. The van der Waals surface area contributed by atoms with Crippen molar-refractivity contribution >= 4 is 0 Å². The fraction of sp³-hybridized carbons (Fsp3) is 0.381. The number of pyridine rings is 2. The predicted molar refractivity (Wildman–Crippen MR) is 106 cm³/mol. The molecule has 1 saturated heterocycles. The topological polar surface area (TPSA) is 106 Å². The summed E-state index contributed by atoms with van der Waals surface area (Å²) in [5.74, 6) is -0.167. The van der Waals surface area contributed by atoms with Crippen LogP contribution in [0, 0.1) is 18.3 Å². The molecule has 0 aromatic carbocycles. The van der Waals surface area contributed by atoms with Gasteiger partial charge in [0.25, 0.3) is 5.56 Å². The summed E-state index contributed by atoms with van der Waals surface area (Å²) in [5.41, 5.74) is 8.03. The maximum atomic E-state index is 13.5. The van der Waals surface area contributed by atoms with E-state index in [1.165, 1.54) is 0 Å². The van der Waals surface area contributed by atoms with Gasteiger partial charge in [0, 0.05) is 50.3 Å². The van der Waals surface area contributed by atoms with Crippen molar-refractivity contribution in [1.82, 2.24) is 14.5 Å². The Morgan fingerprint density at radius 3 is 2.83 bits per heavy atom. The van der Waals surface area contributed by atoms with Crippen molar-refractivity contribution in [2.24, 2.45) is 5.73 Å². The molecule has 150 valence electrons. The average Bonchev–Trinajstić information content (AvgIpc) is 2.74. The standard InChI is InChI=1S/C21H23N5O3/c1-14-11-17-19(21(27)26(14)6-5-25-7-9-28-10-8-25)18(15-3-2-4-24-13-15)16(12-22)20(23)29-17/h2-4,11,13,18H,5-10,23H2,1H3/t18-/m0/s1. The molecule has 4 rings (SSSR count). The molecular formula is C21H23N5O3. The van der Waals surface area contributed by atoms with Gasteiger partial charge in [0.15, 0.2) is 0 Å². The summed E-state index contributed by atoms with van der Waals surface area (Å²) in [7, 11) is 0. The Hall–Kier alpha value is -3.15. The first-order valence-corrected chi connectivity index (χ1v) is 9.62. The van der Waals surface area contributed by atoms with Crippen LogP contribution in [0.1, 0.15) is 22.7 Å². The number of hydrogen-bond acceptors (Lipinski definition) is 7. The zero-order valence-electron chi connectivity index (χ0n) is 16.3. The van der Waals surface area contributed by atoms with Crippen molar-refractivity contribution in [3.8, 4) is 11.8 Å². The molecule has 0 unspecified atom stereocenters. The largest absolute Gasteiger partial charge is 0.440 e. The van der Waals surface area contributed by atoms with Crippen molar-refractivity contribution in [2.45, 2.75) is 19.4 Å². The number of aromatic nitrogens is 2. The summed E-state index contributed by atoms with van der Waals surface area (Å²) >= 11 is 0. The zero-order valence-corrected chi connectivity index (χ0v) is 16.3. The molecule has 1 fully saturated rings. The zero-order chi connectivity index (χ0) is 20.4. The molecule has 29 heavy (non-hydrogen) atoms. The van der Waals surface area contributed by atoms with Crippen LogP contribution in [-0.2, 0) is 11.3 Å². The van der Waals surface area contributed by atoms with E-state index in [9.17, 15) is 10.1 Å². The lowest BCUT2D eigenvalue weighted by atomic mass is 9.85. The van der Waals surface area contributed by atoms with Gasteiger partial charge in [0.1, 0.15) is 17.4 Å². The van der Waals surface area contributed by atoms with Crippen molar-refractivity contribution in [1.29, 1.82) is 5.26 Å². The van der Waals surface area contributed by atoms with Crippen molar-refractivity contribution < 1.29 is 9.47 Å². The lowest BCUT2D eigenvalue weighted by molar-refractivity contribution is 0.0362. The Kier molecular flexibility index (Phi) is 5.34. The molecule has 8 heteroatoms. The SMILES string of the molecule is Cc1cc2c(c(=O)n1CCN1CCOCC1)[C@@H](c1cccnc1)C(C#N)=C(N)O2. The van der Waals surface area contributed by atoms with Gasteiger partial charge in [-0.15, -0.1) is 0 Å². The second kappa shape index (κ2) is 8.07. The fourth-order valence-electron chi connectivity index (χ4n) is 3.91. The van der Waals surface area contributed by atoms with E-state index in [2.05, 4.69) is 16.0 Å². The van der Waals surface area contributed by atoms with Gasteiger partial charge in [-0.1, -0.05) is 6.07 Å². The highest BCUT2D eigenvalue weighted by atomic mass is 16.5. The molecule has 0 aliphatic carbocycles. The Balaban J connectivity index is 1.77. The predicted octanol–water partition coefficient (Wildman–Crippen LogP) is 1.10. The molecule has 8 nitrogen and oxygen atoms in total. The molecule has 0 bridgehead atoms. The lowest BCUT2D eigenvalue weighted by Gasteiger charge is -2.29. The molecule has 4 heterocycles. The smallest absolute Gasteiger partial charge is 0.258 e. The van der Waals surface area contributed by atoms with Crippen LogP contribution in [0.15, 0.2) is 46.8 Å². The van der Waals surface area contributed by atoms with Crippen LogP contribution in [-0.4, -0.2) is 47.3 Å². The number of hydrogen-bond donors (Lipinski definition) is 1. The van der Waals surface area contributed by atoms with Crippen LogP contribution in [0.3, 0.4) is 0 Å². The van der Waals surface area contributed by atoms with Crippen LogP contribution in [0.25, 0.3) is 0 Å². The Labute approximate surface area is 168 Å². The molecule has 0 spiro atoms. The minimum absolute atomic E-state index is 0.0266. The molecule has 2 aromatic heterocycles. The van der Waals surface area contributed by atoms with Crippen LogP contribution < -0.4 is 16.0 Å². The maximum Gasteiger partial charge on any atom is 0.258 e. The van der Waals surface area contributed by atoms with Gasteiger partial charge >= 0.3 is 0 Å². The number of nitrogens with zero attached hydrogens (tertiary/aromatic N) is 4. The molecule has 0 saturated carbocycles. The minimum Gasteiger partial charge on any atom is -0.440 e. The molecule has 2 aliphatic heterocycles.